The molecule has 2 aliphatic heterocycles. The highest BCUT2D eigenvalue weighted by Crippen LogP contribution is 2.23. The number of pyridine rings is 1. The van der Waals surface area contributed by atoms with Gasteiger partial charge in [-0.05, 0) is 30.9 Å². The van der Waals surface area contributed by atoms with Gasteiger partial charge in [0.05, 0.1) is 0 Å². The van der Waals surface area contributed by atoms with Crippen molar-refractivity contribution in [3.8, 4) is 11.3 Å². The fourth-order valence-electron chi connectivity index (χ4n) is 4.74. The molecular weight excluding hydrogens is 402 g/mol. The largest absolute Gasteiger partial charge is 0.354 e. The van der Waals surface area contributed by atoms with Crippen LogP contribution >= 0.6 is 0 Å². The molecule has 2 saturated heterocycles. The van der Waals surface area contributed by atoms with Crippen LogP contribution in [0.2, 0.25) is 0 Å². The molecule has 7 nitrogen and oxygen atoms in total. The molecule has 0 radical (unpaired) electrons. The summed E-state index contributed by atoms with van der Waals surface area (Å²) in [4.78, 5) is 24.3. The van der Waals surface area contributed by atoms with Gasteiger partial charge >= 0.3 is 0 Å². The van der Waals surface area contributed by atoms with Crippen LogP contribution in [0.25, 0.3) is 11.3 Å². The van der Waals surface area contributed by atoms with Crippen molar-refractivity contribution in [2.24, 2.45) is 5.92 Å². The molecule has 1 amide bonds. The fraction of sp³-hybridized carbons (Fsp3) is 0.400. The Kier molecular flexibility index (Phi) is 6.16. The lowest BCUT2D eigenvalue weighted by Crippen LogP contribution is -2.50. The van der Waals surface area contributed by atoms with Gasteiger partial charge in [0.1, 0.15) is 11.5 Å². The van der Waals surface area contributed by atoms with E-state index in [2.05, 4.69) is 26.0 Å². The first-order valence-corrected chi connectivity index (χ1v) is 11.5. The third-order valence-corrected chi connectivity index (χ3v) is 6.46. The normalized spacial score (nSPS) is 19.8. The highest BCUT2D eigenvalue weighted by molar-refractivity contribution is 5.92. The summed E-state index contributed by atoms with van der Waals surface area (Å²) >= 11 is 0. The lowest BCUT2D eigenvalue weighted by atomic mass is 9.96. The highest BCUT2D eigenvalue weighted by atomic mass is 16.5. The number of amides is 1. The maximum atomic E-state index is 13.0. The van der Waals surface area contributed by atoms with Gasteiger partial charge in [0.15, 0.2) is 0 Å². The molecule has 7 heteroatoms. The molecule has 166 valence electrons. The summed E-state index contributed by atoms with van der Waals surface area (Å²) in [6.45, 7) is 6.64. The van der Waals surface area contributed by atoms with Crippen molar-refractivity contribution in [3.05, 3.63) is 66.6 Å². The van der Waals surface area contributed by atoms with Crippen LogP contribution in [-0.2, 0) is 0 Å². The van der Waals surface area contributed by atoms with E-state index in [9.17, 15) is 4.79 Å². The van der Waals surface area contributed by atoms with Crippen LogP contribution in [0, 0.1) is 5.92 Å². The van der Waals surface area contributed by atoms with Crippen LogP contribution in [0.1, 0.15) is 23.4 Å². The number of piperazine rings is 1. The number of rotatable bonds is 5. The summed E-state index contributed by atoms with van der Waals surface area (Å²) in [5.41, 5.74) is 1.66. The summed E-state index contributed by atoms with van der Waals surface area (Å²) in [5.74, 6) is 1.83. The Balaban J connectivity index is 1.15. The summed E-state index contributed by atoms with van der Waals surface area (Å²) in [7, 11) is 0. The molecule has 1 unspecified atom stereocenters. The van der Waals surface area contributed by atoms with Crippen molar-refractivity contribution in [1.29, 1.82) is 0 Å². The van der Waals surface area contributed by atoms with E-state index in [1.165, 1.54) is 0 Å². The molecule has 4 heterocycles. The van der Waals surface area contributed by atoms with Gasteiger partial charge in [-0.2, -0.15) is 0 Å². The lowest BCUT2D eigenvalue weighted by molar-refractivity contribution is 0.0597. The maximum absolute atomic E-state index is 13.0. The molecule has 0 N–H and O–H groups in total. The number of likely N-dealkylation sites (tertiary alicyclic amines) is 1. The van der Waals surface area contributed by atoms with E-state index in [0.29, 0.717) is 17.4 Å². The molecule has 0 bridgehead atoms. The van der Waals surface area contributed by atoms with Crippen molar-refractivity contribution in [2.75, 3.05) is 50.7 Å². The number of piperidine rings is 1. The Morgan fingerprint density at radius 3 is 2.59 bits per heavy atom. The molecule has 1 atom stereocenters. The van der Waals surface area contributed by atoms with Gasteiger partial charge in [0.2, 0.25) is 5.76 Å². The predicted molar refractivity (Wildman–Crippen MR) is 123 cm³/mol. The van der Waals surface area contributed by atoms with Crippen molar-refractivity contribution in [2.45, 2.75) is 12.8 Å². The zero-order chi connectivity index (χ0) is 21.8. The van der Waals surface area contributed by atoms with Crippen LogP contribution in [0.4, 0.5) is 5.82 Å². The van der Waals surface area contributed by atoms with E-state index in [1.54, 1.807) is 6.07 Å². The molecule has 0 aliphatic carbocycles. The zero-order valence-electron chi connectivity index (χ0n) is 18.3. The quantitative estimate of drug-likeness (QED) is 0.617. The Labute approximate surface area is 188 Å². The van der Waals surface area contributed by atoms with E-state index in [1.807, 2.05) is 53.6 Å². The molecule has 1 aromatic carbocycles. The molecule has 2 aromatic heterocycles. The fourth-order valence-corrected chi connectivity index (χ4v) is 4.74. The van der Waals surface area contributed by atoms with Crippen LogP contribution in [-0.4, -0.2) is 71.7 Å². The van der Waals surface area contributed by atoms with Gasteiger partial charge in [-0.15, -0.1) is 0 Å². The molecule has 3 aromatic rings. The summed E-state index contributed by atoms with van der Waals surface area (Å²) < 4.78 is 5.41. The minimum Gasteiger partial charge on any atom is -0.354 e. The van der Waals surface area contributed by atoms with Crippen LogP contribution < -0.4 is 4.90 Å². The highest BCUT2D eigenvalue weighted by Gasteiger charge is 2.29. The Bertz CT molecular complexity index is 1020. The first-order chi connectivity index (χ1) is 15.8. The summed E-state index contributed by atoms with van der Waals surface area (Å²) in [5, 5.41) is 4.11. The van der Waals surface area contributed by atoms with Gasteiger partial charge < -0.3 is 14.3 Å². The Morgan fingerprint density at radius 2 is 1.81 bits per heavy atom. The molecule has 0 spiro atoms. The van der Waals surface area contributed by atoms with Crippen LogP contribution in [0.5, 0.6) is 0 Å². The van der Waals surface area contributed by atoms with Crippen LogP contribution in [0.15, 0.2) is 65.3 Å². The van der Waals surface area contributed by atoms with Crippen LogP contribution in [0.3, 0.4) is 0 Å². The van der Waals surface area contributed by atoms with Gasteiger partial charge in [-0.3, -0.25) is 9.69 Å². The summed E-state index contributed by atoms with van der Waals surface area (Å²) in [6.07, 6.45) is 4.05. The first-order valence-electron chi connectivity index (χ1n) is 11.5. The van der Waals surface area contributed by atoms with Crippen molar-refractivity contribution >= 4 is 11.7 Å². The number of hydrogen-bond donors (Lipinski definition) is 0. The molecule has 5 rings (SSSR count). The third-order valence-electron chi connectivity index (χ3n) is 6.46. The molecule has 2 aliphatic rings. The van der Waals surface area contributed by atoms with Crippen molar-refractivity contribution < 1.29 is 9.32 Å². The van der Waals surface area contributed by atoms with Gasteiger partial charge in [0, 0.05) is 63.6 Å². The molecule has 0 saturated carbocycles. The number of carbonyl (C=O) groups excluding carboxylic acids is 1. The van der Waals surface area contributed by atoms with Gasteiger partial charge in [0.25, 0.3) is 5.91 Å². The average molecular weight is 432 g/mol. The van der Waals surface area contributed by atoms with Crippen molar-refractivity contribution in [1.82, 2.24) is 19.9 Å². The van der Waals surface area contributed by atoms with E-state index < -0.39 is 0 Å². The number of hydrogen-bond acceptors (Lipinski definition) is 6. The molecule has 32 heavy (non-hydrogen) atoms. The third kappa shape index (κ3) is 4.67. The number of aromatic nitrogens is 2. The number of benzene rings is 1. The summed E-state index contributed by atoms with van der Waals surface area (Å²) in [6, 6.07) is 17.6. The minimum atomic E-state index is -0.0515. The Hall–Kier alpha value is -3.19. The van der Waals surface area contributed by atoms with E-state index in [-0.39, 0.29) is 5.91 Å². The monoisotopic (exact) mass is 431 g/mol. The number of nitrogens with zero attached hydrogens (tertiary/aromatic N) is 5. The van der Waals surface area contributed by atoms with E-state index in [0.717, 1.165) is 70.0 Å². The van der Waals surface area contributed by atoms with Gasteiger partial charge in [-0.25, -0.2) is 4.98 Å². The van der Waals surface area contributed by atoms with Gasteiger partial charge in [-0.1, -0.05) is 41.6 Å². The van der Waals surface area contributed by atoms with E-state index >= 15 is 0 Å². The lowest BCUT2D eigenvalue weighted by Gasteiger charge is -2.39. The number of carbonyl (C=O) groups is 1. The average Bonchev–Trinajstić information content (AvgIpc) is 3.36. The topological polar surface area (TPSA) is 65.7 Å². The zero-order valence-corrected chi connectivity index (χ0v) is 18.3. The SMILES string of the molecule is O=C(c1cc(-c2ccccc2)no1)N1CCCC(CN2CCN(c3ccccn3)CC2)C1. The molecular formula is C25H29N5O2. The molecule has 2 fully saturated rings. The van der Waals surface area contributed by atoms with E-state index in [4.69, 9.17) is 4.52 Å². The maximum Gasteiger partial charge on any atom is 0.292 e. The second-order valence-electron chi connectivity index (χ2n) is 8.68. The van der Waals surface area contributed by atoms with Crippen molar-refractivity contribution in [3.63, 3.8) is 0 Å². The minimum absolute atomic E-state index is 0.0515. The standard InChI is InChI=1S/C25H29N5O2/c31-25(23-17-22(27-32-23)21-8-2-1-3-9-21)30-12-6-7-20(19-30)18-28-13-15-29(16-14-28)24-10-4-5-11-26-24/h1-5,8-11,17,20H,6-7,12-16,18-19H2. The number of anilines is 1. The predicted octanol–water partition coefficient (Wildman–Crippen LogP) is 3.41. The second kappa shape index (κ2) is 9.53. The Morgan fingerprint density at radius 1 is 1.00 bits per heavy atom. The second-order valence-corrected chi connectivity index (χ2v) is 8.68. The smallest absolute Gasteiger partial charge is 0.292 e. The first kappa shape index (κ1) is 20.7.